The van der Waals surface area contributed by atoms with Crippen molar-refractivity contribution in [3.63, 3.8) is 0 Å². The molecule has 3 nitrogen and oxygen atoms in total. The molecule has 3 heteroatoms. The number of hydrogen-bond acceptors (Lipinski definition) is 3. The first-order chi connectivity index (χ1) is 66.4. The zero-order chi connectivity index (χ0) is 91.0. The molecule has 18 aliphatic carbocycles. The van der Waals surface area contributed by atoms with Crippen molar-refractivity contribution in [3.8, 4) is 33.4 Å². The highest BCUT2D eigenvalue weighted by molar-refractivity contribution is 5.93. The van der Waals surface area contributed by atoms with E-state index in [9.17, 15) is 0 Å². The standard InChI is InChI=1S/C47H49N.2C43H47N/c1-46(2)44-26-38(47-28-31-22-32(29-47)24-33(23-31)30-47)15-20-42(44)43-21-19-41(27-45(43)46)48(40-18-14-35-10-6-7-11-37(35)25-40)39-16-12-36(13-17-39)34-8-4-3-5-9-34;1-42(2)39-14-8-6-13-37(39)38-21-20-35(25-40(38)42)44(41-15-9-7-12-36(41)32-10-4-3-5-11-32)34-18-16-33(17-19-34)43-26-29-22-30(27-43)24-31(23-29)28-43;1-42(2)40-14-7-6-13-38(40)39-20-19-37(25-41(39)42)44(36-12-8-11-33(24-36)32-9-4-3-5-10-32)35-17-15-34(16-18-35)43-26-29-21-30(27-43)23-31(22-29)28-43/h6-7,10-21,25-27,31-34H,3-5,8-9,22-24,28-30H2,1-2H3;6-9,12-21,25,29-32H,3-5,10-11,22-24,26-28H2,1-2H3;6-8,11-20,24-25,29-32H,3-5,9-10,21-23,26-28H2,1-2H3. The number of rotatable bonds is 15. The van der Waals surface area contributed by atoms with Gasteiger partial charge in [-0.15, -0.1) is 0 Å². The van der Waals surface area contributed by atoms with Crippen molar-refractivity contribution < 1.29 is 0 Å². The van der Waals surface area contributed by atoms with E-state index in [1.54, 1.807) is 16.7 Å². The van der Waals surface area contributed by atoms with Gasteiger partial charge in [0.25, 0.3) is 0 Å². The van der Waals surface area contributed by atoms with Crippen molar-refractivity contribution in [2.24, 2.45) is 53.3 Å². The molecule has 0 radical (unpaired) electrons. The maximum atomic E-state index is 2.67. The largest absolute Gasteiger partial charge is 0.310 e. The van der Waals surface area contributed by atoms with Crippen molar-refractivity contribution in [1.29, 1.82) is 0 Å². The molecule has 0 aliphatic heterocycles. The van der Waals surface area contributed by atoms with E-state index in [1.165, 1.54) is 357 Å². The van der Waals surface area contributed by atoms with Gasteiger partial charge in [-0.3, -0.25) is 0 Å². The molecule has 0 N–H and O–H groups in total. The highest BCUT2D eigenvalue weighted by Gasteiger charge is 2.56. The Morgan fingerprint density at radius 3 is 0.985 bits per heavy atom. The molecule has 0 saturated heterocycles. The molecular weight excluding hydrogens is 1640 g/mol. The van der Waals surface area contributed by atoms with E-state index < -0.39 is 0 Å². The maximum absolute atomic E-state index is 2.67. The summed E-state index contributed by atoms with van der Waals surface area (Å²) in [5, 5.41) is 2.57. The Bertz CT molecular complexity index is 6600. The van der Waals surface area contributed by atoms with Gasteiger partial charge in [0.2, 0.25) is 0 Å². The van der Waals surface area contributed by atoms with Crippen LogP contribution in [0, 0.1) is 53.3 Å². The predicted octanol–water partition coefficient (Wildman–Crippen LogP) is 37.1. The van der Waals surface area contributed by atoms with Gasteiger partial charge >= 0.3 is 0 Å². The minimum Gasteiger partial charge on any atom is -0.310 e. The van der Waals surface area contributed by atoms with E-state index in [0.717, 1.165) is 53.3 Å². The monoisotopic (exact) mass is 1780 g/mol. The molecule has 0 unspecified atom stereocenters. The Morgan fingerprint density at radius 2 is 0.522 bits per heavy atom. The van der Waals surface area contributed by atoms with Crippen LogP contribution in [0.5, 0.6) is 0 Å². The highest BCUT2D eigenvalue weighted by atomic mass is 15.2. The van der Waals surface area contributed by atoms with E-state index in [4.69, 9.17) is 0 Å². The van der Waals surface area contributed by atoms with Gasteiger partial charge in [0, 0.05) is 67.4 Å². The number of hydrogen-bond donors (Lipinski definition) is 0. The van der Waals surface area contributed by atoms with Gasteiger partial charge in [0.1, 0.15) is 0 Å². The molecule has 18 aliphatic rings. The second-order valence-electron chi connectivity index (χ2n) is 48.9. The summed E-state index contributed by atoms with van der Waals surface area (Å²) in [4.78, 5) is 7.65. The highest BCUT2D eigenvalue weighted by Crippen LogP contribution is 2.66. The summed E-state index contributed by atoms with van der Waals surface area (Å²) >= 11 is 0. The van der Waals surface area contributed by atoms with Gasteiger partial charge in [-0.25, -0.2) is 0 Å². The minimum absolute atomic E-state index is 0.0140. The lowest BCUT2D eigenvalue weighted by atomic mass is 9.48. The summed E-state index contributed by atoms with van der Waals surface area (Å²) in [5.41, 5.74) is 39.4. The van der Waals surface area contributed by atoms with E-state index in [-0.39, 0.29) is 16.2 Å². The number of nitrogens with zero attached hydrogens (tertiary/aromatic N) is 3. The van der Waals surface area contributed by atoms with Crippen molar-refractivity contribution in [2.75, 3.05) is 14.7 Å². The van der Waals surface area contributed by atoms with E-state index in [1.807, 2.05) is 0 Å². The Kier molecular flexibility index (Phi) is 21.3. The molecule has 0 spiro atoms. The predicted molar refractivity (Wildman–Crippen MR) is 571 cm³/mol. The molecule has 13 aromatic rings. The molecule has 13 aromatic carbocycles. The molecule has 15 saturated carbocycles. The molecule has 690 valence electrons. The SMILES string of the molecule is CC1(C)c2cc(N(c3ccc(C4CCCCC4)cc3)c3ccc4ccccc4c3)ccc2-c2ccc(C34CC5CC(CC(C5)C3)C4)cc21.CC1(C)c2ccccc2-c2ccc(N(c3ccc(C45CC6CC(CC(C6)C4)C5)cc3)c3cccc(C4CCCCC4)c3)cc21.CC1(C)c2ccccc2-c2ccc(N(c3ccc(C45CC6CC(CC(C6)C4)C5)cc3)c3ccccc3C3CCCCC3)cc21. The van der Waals surface area contributed by atoms with Crippen LogP contribution in [0.2, 0.25) is 0 Å². The summed E-state index contributed by atoms with van der Waals surface area (Å²) in [6, 6.07) is 112. The number of anilines is 9. The smallest absolute Gasteiger partial charge is 0.0496 e. The lowest BCUT2D eigenvalue weighted by Crippen LogP contribution is -2.48. The van der Waals surface area contributed by atoms with Gasteiger partial charge < -0.3 is 14.7 Å². The van der Waals surface area contributed by atoms with Crippen molar-refractivity contribution in [1.82, 2.24) is 0 Å². The fourth-order valence-electron chi connectivity index (χ4n) is 34.0. The van der Waals surface area contributed by atoms with Crippen LogP contribution in [0.15, 0.2) is 285 Å². The van der Waals surface area contributed by atoms with Crippen LogP contribution in [0.4, 0.5) is 51.2 Å². The molecule has 0 atom stereocenters. The van der Waals surface area contributed by atoms with Gasteiger partial charge in [0.15, 0.2) is 0 Å². The van der Waals surface area contributed by atoms with Crippen molar-refractivity contribution >= 4 is 62.0 Å². The number of para-hydroxylation sites is 1. The third-order valence-corrected chi connectivity index (χ3v) is 39.4. The quantitative estimate of drug-likeness (QED) is 0.101. The average Bonchev–Trinajstić information content (AvgIpc) is 1.10. The number of fused-ring (bicyclic) bond motifs is 10. The second-order valence-corrected chi connectivity index (χ2v) is 48.9. The molecule has 136 heavy (non-hydrogen) atoms. The fraction of sp³-hybridized carbons (Fsp3) is 0.429. The Labute approximate surface area is 813 Å². The van der Waals surface area contributed by atoms with E-state index >= 15 is 0 Å². The Balaban J connectivity index is 0.000000106. The normalized spacial score (nSPS) is 27.6. The van der Waals surface area contributed by atoms with Crippen LogP contribution in [-0.2, 0) is 32.5 Å². The molecule has 0 aromatic heterocycles. The summed E-state index contributed by atoms with van der Waals surface area (Å²) in [6.45, 7) is 14.6. The molecule has 31 rings (SSSR count). The first kappa shape index (κ1) is 85.9. The topological polar surface area (TPSA) is 9.72 Å². The fourth-order valence-corrected chi connectivity index (χ4v) is 34.0. The minimum atomic E-state index is -0.0428. The average molecular weight is 1780 g/mol. The van der Waals surface area contributed by atoms with Crippen molar-refractivity contribution in [2.45, 2.75) is 304 Å². The molecule has 12 bridgehead atoms. The van der Waals surface area contributed by atoms with Gasteiger partial charge in [0.05, 0.1) is 0 Å². The third-order valence-electron chi connectivity index (χ3n) is 39.4. The molecular formula is C133H143N3. The van der Waals surface area contributed by atoms with Crippen LogP contribution in [0.25, 0.3) is 44.2 Å². The van der Waals surface area contributed by atoms with Gasteiger partial charge in [-0.2, -0.15) is 0 Å². The van der Waals surface area contributed by atoms with E-state index in [0.29, 0.717) is 34.0 Å². The zero-order valence-electron chi connectivity index (χ0n) is 82.2. The molecule has 0 heterocycles. The lowest BCUT2D eigenvalue weighted by Gasteiger charge is -2.57. The number of benzene rings is 13. The Morgan fingerprint density at radius 1 is 0.206 bits per heavy atom. The molecule has 0 amide bonds. The van der Waals surface area contributed by atoms with Gasteiger partial charge in [-0.1, -0.05) is 281 Å². The maximum Gasteiger partial charge on any atom is 0.0496 e. The second kappa shape index (κ2) is 33.7. The molecule has 15 fully saturated rings. The van der Waals surface area contributed by atoms with Crippen LogP contribution in [0.3, 0.4) is 0 Å². The van der Waals surface area contributed by atoms with Crippen LogP contribution in [-0.4, -0.2) is 0 Å². The Hall–Kier alpha value is -10.5. The summed E-state index contributed by atoms with van der Waals surface area (Å²) < 4.78 is 0. The lowest BCUT2D eigenvalue weighted by molar-refractivity contribution is -0.00533. The van der Waals surface area contributed by atoms with Crippen LogP contribution < -0.4 is 14.7 Å². The first-order valence-electron chi connectivity index (χ1n) is 54.6. The van der Waals surface area contributed by atoms with E-state index in [2.05, 4.69) is 341 Å². The van der Waals surface area contributed by atoms with Crippen LogP contribution >= 0.6 is 0 Å². The van der Waals surface area contributed by atoms with Gasteiger partial charge in [-0.05, 0) is 455 Å². The van der Waals surface area contributed by atoms with Crippen molar-refractivity contribution in [3.05, 3.63) is 352 Å². The summed E-state index contributed by atoms with van der Waals surface area (Å²) in [5.74, 6) is 10.8. The van der Waals surface area contributed by atoms with Crippen LogP contribution in [0.1, 0.15) is 338 Å². The zero-order valence-corrected chi connectivity index (χ0v) is 82.2. The summed E-state index contributed by atoms with van der Waals surface area (Å²) in [7, 11) is 0. The first-order valence-corrected chi connectivity index (χ1v) is 54.6. The third kappa shape index (κ3) is 14.8. The summed E-state index contributed by atoms with van der Waals surface area (Å²) in [6.07, 6.45) is 46.6.